The highest BCUT2D eigenvalue weighted by Crippen LogP contribution is 2.07. The van der Waals surface area contributed by atoms with Crippen LogP contribution in [0, 0.1) is 0 Å². The minimum atomic E-state index is -1.00. The van der Waals surface area contributed by atoms with Crippen molar-refractivity contribution >= 4 is 11.8 Å². The molecule has 0 aliphatic carbocycles. The lowest BCUT2D eigenvalue weighted by Crippen LogP contribution is -2.19. The number of amides is 1. The van der Waals surface area contributed by atoms with Gasteiger partial charge in [0.15, 0.2) is 0 Å². The SMILES string of the molecule is CNc1ccc(CNC(=O)O)cc1. The molecule has 0 saturated heterocycles. The average molecular weight is 180 g/mol. The first kappa shape index (κ1) is 9.38. The molecule has 0 aliphatic rings. The third-order valence-electron chi connectivity index (χ3n) is 1.69. The number of benzene rings is 1. The van der Waals surface area contributed by atoms with Crippen LogP contribution < -0.4 is 10.6 Å². The summed E-state index contributed by atoms with van der Waals surface area (Å²) >= 11 is 0. The molecule has 0 unspecified atom stereocenters. The van der Waals surface area contributed by atoms with Gasteiger partial charge in [-0.05, 0) is 17.7 Å². The summed E-state index contributed by atoms with van der Waals surface area (Å²) in [4.78, 5) is 10.2. The predicted octanol–water partition coefficient (Wildman–Crippen LogP) is 1.50. The maximum Gasteiger partial charge on any atom is 0.404 e. The van der Waals surface area contributed by atoms with Crippen molar-refractivity contribution in [1.29, 1.82) is 0 Å². The smallest absolute Gasteiger partial charge is 0.404 e. The van der Waals surface area contributed by atoms with Crippen LogP contribution in [-0.4, -0.2) is 18.2 Å². The lowest BCUT2D eigenvalue weighted by Gasteiger charge is -2.03. The van der Waals surface area contributed by atoms with Crippen LogP contribution in [0.4, 0.5) is 10.5 Å². The molecule has 4 nitrogen and oxygen atoms in total. The summed E-state index contributed by atoms with van der Waals surface area (Å²) in [6.45, 7) is 0.347. The Hall–Kier alpha value is -1.71. The van der Waals surface area contributed by atoms with Gasteiger partial charge in [-0.15, -0.1) is 0 Å². The minimum absolute atomic E-state index is 0.347. The van der Waals surface area contributed by atoms with Gasteiger partial charge in [0.05, 0.1) is 0 Å². The quantitative estimate of drug-likeness (QED) is 0.660. The van der Waals surface area contributed by atoms with E-state index in [-0.39, 0.29) is 0 Å². The third kappa shape index (κ3) is 3.02. The second-order valence-electron chi connectivity index (χ2n) is 2.61. The number of carbonyl (C=O) groups is 1. The van der Waals surface area contributed by atoms with E-state index in [2.05, 4.69) is 10.6 Å². The lowest BCUT2D eigenvalue weighted by atomic mass is 10.2. The van der Waals surface area contributed by atoms with Crippen molar-refractivity contribution in [3.63, 3.8) is 0 Å². The van der Waals surface area contributed by atoms with Gasteiger partial charge in [-0.3, -0.25) is 0 Å². The van der Waals surface area contributed by atoms with Gasteiger partial charge in [0, 0.05) is 19.3 Å². The van der Waals surface area contributed by atoms with Crippen LogP contribution in [0.25, 0.3) is 0 Å². The molecule has 4 heteroatoms. The minimum Gasteiger partial charge on any atom is -0.465 e. The van der Waals surface area contributed by atoms with Gasteiger partial charge in [-0.2, -0.15) is 0 Å². The molecule has 0 spiro atoms. The van der Waals surface area contributed by atoms with Gasteiger partial charge in [-0.1, -0.05) is 12.1 Å². The summed E-state index contributed by atoms with van der Waals surface area (Å²) < 4.78 is 0. The van der Waals surface area contributed by atoms with Crippen molar-refractivity contribution in [3.05, 3.63) is 29.8 Å². The van der Waals surface area contributed by atoms with Crippen LogP contribution >= 0.6 is 0 Å². The highest BCUT2D eigenvalue weighted by atomic mass is 16.4. The summed E-state index contributed by atoms with van der Waals surface area (Å²) in [6, 6.07) is 7.56. The van der Waals surface area contributed by atoms with Crippen LogP contribution in [0.5, 0.6) is 0 Å². The summed E-state index contributed by atoms with van der Waals surface area (Å²) in [5.41, 5.74) is 1.96. The molecule has 0 aliphatic heterocycles. The predicted molar refractivity (Wildman–Crippen MR) is 50.9 cm³/mol. The molecule has 0 saturated carbocycles. The van der Waals surface area contributed by atoms with Gasteiger partial charge in [0.2, 0.25) is 0 Å². The van der Waals surface area contributed by atoms with Crippen molar-refractivity contribution in [2.24, 2.45) is 0 Å². The first-order chi connectivity index (χ1) is 6.22. The first-order valence-corrected chi connectivity index (χ1v) is 3.96. The molecule has 70 valence electrons. The van der Waals surface area contributed by atoms with Crippen LogP contribution in [0.2, 0.25) is 0 Å². The highest BCUT2D eigenvalue weighted by Gasteiger charge is 1.95. The topological polar surface area (TPSA) is 61.4 Å². The van der Waals surface area contributed by atoms with E-state index in [4.69, 9.17) is 5.11 Å². The van der Waals surface area contributed by atoms with Crippen molar-refractivity contribution < 1.29 is 9.90 Å². The van der Waals surface area contributed by atoms with E-state index < -0.39 is 6.09 Å². The van der Waals surface area contributed by atoms with E-state index >= 15 is 0 Å². The van der Waals surface area contributed by atoms with E-state index in [9.17, 15) is 4.79 Å². The highest BCUT2D eigenvalue weighted by molar-refractivity contribution is 5.64. The standard InChI is InChI=1S/C9H12N2O2/c1-10-8-4-2-7(3-5-8)6-11-9(12)13/h2-5,10-11H,6H2,1H3,(H,12,13). The molecule has 0 fully saturated rings. The molecule has 0 heterocycles. The van der Waals surface area contributed by atoms with Crippen LogP contribution in [-0.2, 0) is 6.54 Å². The Labute approximate surface area is 76.6 Å². The largest absolute Gasteiger partial charge is 0.465 e. The summed E-state index contributed by atoms with van der Waals surface area (Å²) in [6.07, 6.45) is -1.00. The molecule has 1 aromatic carbocycles. The number of hydrogen-bond donors (Lipinski definition) is 3. The van der Waals surface area contributed by atoms with Gasteiger partial charge in [0.1, 0.15) is 0 Å². The first-order valence-electron chi connectivity index (χ1n) is 3.96. The Morgan fingerprint density at radius 3 is 2.46 bits per heavy atom. The number of nitrogens with one attached hydrogen (secondary N) is 2. The van der Waals surface area contributed by atoms with E-state index in [1.165, 1.54) is 0 Å². The third-order valence-corrected chi connectivity index (χ3v) is 1.69. The fourth-order valence-corrected chi connectivity index (χ4v) is 0.967. The summed E-state index contributed by atoms with van der Waals surface area (Å²) in [5, 5.41) is 13.6. The van der Waals surface area contributed by atoms with Crippen LogP contribution in [0.1, 0.15) is 5.56 Å². The van der Waals surface area contributed by atoms with Crippen molar-refractivity contribution in [2.45, 2.75) is 6.54 Å². The monoisotopic (exact) mass is 180 g/mol. The Morgan fingerprint density at radius 2 is 2.00 bits per heavy atom. The number of rotatable bonds is 3. The molecule has 3 N–H and O–H groups in total. The van der Waals surface area contributed by atoms with Gasteiger partial charge >= 0.3 is 6.09 Å². The van der Waals surface area contributed by atoms with Gasteiger partial charge < -0.3 is 15.7 Å². The number of carboxylic acid groups (broad SMARTS) is 1. The Kier molecular flexibility index (Phi) is 3.14. The zero-order valence-corrected chi connectivity index (χ0v) is 7.37. The molecular formula is C9H12N2O2. The Bertz CT molecular complexity index is 282. The molecule has 0 aromatic heterocycles. The van der Waals surface area contributed by atoms with Crippen molar-refractivity contribution in [3.8, 4) is 0 Å². The van der Waals surface area contributed by atoms with Crippen LogP contribution in [0.3, 0.4) is 0 Å². The van der Waals surface area contributed by atoms with Gasteiger partial charge in [0.25, 0.3) is 0 Å². The molecule has 0 bridgehead atoms. The summed E-state index contributed by atoms with van der Waals surface area (Å²) in [5.74, 6) is 0. The lowest BCUT2D eigenvalue weighted by molar-refractivity contribution is 0.194. The van der Waals surface area contributed by atoms with Gasteiger partial charge in [-0.25, -0.2) is 4.79 Å². The molecular weight excluding hydrogens is 168 g/mol. The fourth-order valence-electron chi connectivity index (χ4n) is 0.967. The van der Waals surface area contributed by atoms with E-state index in [1.807, 2.05) is 31.3 Å². The number of anilines is 1. The van der Waals surface area contributed by atoms with Crippen molar-refractivity contribution in [1.82, 2.24) is 5.32 Å². The zero-order chi connectivity index (χ0) is 9.68. The molecule has 1 aromatic rings. The molecule has 13 heavy (non-hydrogen) atoms. The Balaban J connectivity index is 2.54. The van der Waals surface area contributed by atoms with Crippen molar-refractivity contribution in [2.75, 3.05) is 12.4 Å². The molecule has 0 atom stereocenters. The number of hydrogen-bond acceptors (Lipinski definition) is 2. The maximum atomic E-state index is 10.2. The Morgan fingerprint density at radius 1 is 1.38 bits per heavy atom. The maximum absolute atomic E-state index is 10.2. The second kappa shape index (κ2) is 4.35. The molecule has 0 radical (unpaired) electrons. The molecule has 1 rings (SSSR count). The normalized spacial score (nSPS) is 9.31. The second-order valence-corrected chi connectivity index (χ2v) is 2.61. The molecule has 1 amide bonds. The zero-order valence-electron chi connectivity index (χ0n) is 7.37. The fraction of sp³-hybridized carbons (Fsp3) is 0.222. The van der Waals surface area contributed by atoms with E-state index in [0.29, 0.717) is 6.54 Å². The average Bonchev–Trinajstić information content (AvgIpc) is 2.15. The van der Waals surface area contributed by atoms with E-state index in [0.717, 1.165) is 11.3 Å². The van der Waals surface area contributed by atoms with E-state index in [1.54, 1.807) is 0 Å². The summed E-state index contributed by atoms with van der Waals surface area (Å²) in [7, 11) is 1.84. The van der Waals surface area contributed by atoms with Crippen LogP contribution in [0.15, 0.2) is 24.3 Å².